The van der Waals surface area contributed by atoms with E-state index in [1.165, 1.54) is 11.3 Å². The maximum absolute atomic E-state index is 12.5. The molecular weight excluding hydrogens is 260 g/mol. The fourth-order valence-corrected chi connectivity index (χ4v) is 2.70. The molecule has 1 fully saturated rings. The standard InChI is InChI=1S/C13H16N4OS/c1-16(6-10-7-19-8-15-10)13(18)12-4-9(14)5-17(12)11-2-3-11/h4-5,7-8,11H,2-3,6,14H2,1H3. The summed E-state index contributed by atoms with van der Waals surface area (Å²) in [5, 5.41) is 1.96. The van der Waals surface area contributed by atoms with E-state index in [9.17, 15) is 4.79 Å². The monoisotopic (exact) mass is 276 g/mol. The second-order valence-corrected chi connectivity index (χ2v) is 5.66. The number of aromatic nitrogens is 2. The van der Waals surface area contributed by atoms with Gasteiger partial charge in [-0.1, -0.05) is 0 Å². The van der Waals surface area contributed by atoms with Crippen LogP contribution < -0.4 is 5.73 Å². The molecule has 0 saturated heterocycles. The van der Waals surface area contributed by atoms with Gasteiger partial charge in [-0.25, -0.2) is 4.98 Å². The molecule has 100 valence electrons. The molecule has 1 saturated carbocycles. The van der Waals surface area contributed by atoms with E-state index in [1.54, 1.807) is 23.5 Å². The lowest BCUT2D eigenvalue weighted by Gasteiger charge is -2.17. The summed E-state index contributed by atoms with van der Waals surface area (Å²) in [6.07, 6.45) is 4.12. The van der Waals surface area contributed by atoms with Gasteiger partial charge < -0.3 is 15.2 Å². The van der Waals surface area contributed by atoms with Gasteiger partial charge in [0.2, 0.25) is 0 Å². The Labute approximate surface area is 115 Å². The number of carbonyl (C=O) groups is 1. The molecule has 0 spiro atoms. The first-order valence-corrected chi connectivity index (χ1v) is 7.19. The number of anilines is 1. The molecule has 1 amide bonds. The van der Waals surface area contributed by atoms with Crippen molar-refractivity contribution >= 4 is 22.9 Å². The van der Waals surface area contributed by atoms with Crippen LogP contribution in [-0.4, -0.2) is 27.4 Å². The van der Waals surface area contributed by atoms with Crippen molar-refractivity contribution in [2.24, 2.45) is 0 Å². The molecule has 0 unspecified atom stereocenters. The third kappa shape index (κ3) is 2.49. The number of nitrogens with zero attached hydrogens (tertiary/aromatic N) is 3. The van der Waals surface area contributed by atoms with Crippen LogP contribution >= 0.6 is 11.3 Å². The molecule has 3 rings (SSSR count). The lowest BCUT2D eigenvalue weighted by atomic mass is 10.3. The molecule has 2 heterocycles. The lowest BCUT2D eigenvalue weighted by molar-refractivity contribution is 0.0772. The summed E-state index contributed by atoms with van der Waals surface area (Å²) in [6.45, 7) is 0.526. The number of hydrogen-bond acceptors (Lipinski definition) is 4. The molecule has 1 aliphatic carbocycles. The number of nitrogen functional groups attached to an aromatic ring is 1. The highest BCUT2D eigenvalue weighted by atomic mass is 32.1. The van der Waals surface area contributed by atoms with Gasteiger partial charge in [-0.2, -0.15) is 0 Å². The molecule has 2 aromatic heterocycles. The van der Waals surface area contributed by atoms with Gasteiger partial charge in [0, 0.05) is 24.7 Å². The summed E-state index contributed by atoms with van der Waals surface area (Å²) in [4.78, 5) is 18.3. The van der Waals surface area contributed by atoms with Crippen molar-refractivity contribution < 1.29 is 4.79 Å². The van der Waals surface area contributed by atoms with Gasteiger partial charge in [-0.15, -0.1) is 11.3 Å². The van der Waals surface area contributed by atoms with Crippen LogP contribution in [-0.2, 0) is 6.54 Å². The zero-order chi connectivity index (χ0) is 13.4. The highest BCUT2D eigenvalue weighted by molar-refractivity contribution is 7.07. The molecule has 2 N–H and O–H groups in total. The van der Waals surface area contributed by atoms with Crippen LogP contribution in [0.25, 0.3) is 0 Å². The fourth-order valence-electron chi connectivity index (χ4n) is 2.15. The van der Waals surface area contributed by atoms with Gasteiger partial charge in [0.15, 0.2) is 0 Å². The van der Waals surface area contributed by atoms with Gasteiger partial charge in [0.1, 0.15) is 5.69 Å². The minimum Gasteiger partial charge on any atom is -0.397 e. The third-order valence-corrected chi connectivity index (χ3v) is 3.89. The van der Waals surface area contributed by atoms with E-state index in [-0.39, 0.29) is 5.91 Å². The fraction of sp³-hybridized carbons (Fsp3) is 0.385. The van der Waals surface area contributed by atoms with Crippen LogP contribution in [0.4, 0.5) is 5.69 Å². The summed E-state index contributed by atoms with van der Waals surface area (Å²) in [7, 11) is 1.79. The molecule has 5 nitrogen and oxygen atoms in total. The summed E-state index contributed by atoms with van der Waals surface area (Å²) in [5.41, 5.74) is 9.84. The van der Waals surface area contributed by atoms with Crippen molar-refractivity contribution in [2.75, 3.05) is 12.8 Å². The molecule has 2 aromatic rings. The van der Waals surface area contributed by atoms with E-state index in [4.69, 9.17) is 5.73 Å². The molecule has 0 radical (unpaired) electrons. The number of carbonyl (C=O) groups excluding carboxylic acids is 1. The Balaban J connectivity index is 1.79. The zero-order valence-electron chi connectivity index (χ0n) is 10.7. The number of hydrogen-bond donors (Lipinski definition) is 1. The second kappa shape index (κ2) is 4.70. The van der Waals surface area contributed by atoms with Crippen molar-refractivity contribution in [2.45, 2.75) is 25.4 Å². The van der Waals surface area contributed by atoms with Gasteiger partial charge in [-0.3, -0.25) is 4.79 Å². The zero-order valence-corrected chi connectivity index (χ0v) is 11.6. The van der Waals surface area contributed by atoms with Gasteiger partial charge in [-0.05, 0) is 18.9 Å². The van der Waals surface area contributed by atoms with Crippen molar-refractivity contribution in [1.82, 2.24) is 14.5 Å². The minimum atomic E-state index is -0.00315. The summed E-state index contributed by atoms with van der Waals surface area (Å²) < 4.78 is 2.01. The number of nitrogens with two attached hydrogens (primary N) is 1. The predicted octanol–water partition coefficient (Wildman–Crippen LogP) is 2.13. The van der Waals surface area contributed by atoms with Crippen molar-refractivity contribution in [3.63, 3.8) is 0 Å². The maximum Gasteiger partial charge on any atom is 0.270 e. The van der Waals surface area contributed by atoms with Crippen LogP contribution in [0, 0.1) is 0 Å². The van der Waals surface area contributed by atoms with E-state index in [0.717, 1.165) is 18.5 Å². The highest BCUT2D eigenvalue weighted by Crippen LogP contribution is 2.37. The lowest BCUT2D eigenvalue weighted by Crippen LogP contribution is -2.28. The first kappa shape index (κ1) is 12.2. The molecule has 0 bridgehead atoms. The van der Waals surface area contributed by atoms with E-state index >= 15 is 0 Å². The Morgan fingerprint density at radius 2 is 2.42 bits per heavy atom. The average Bonchev–Trinajstić information content (AvgIpc) is 2.97. The minimum absolute atomic E-state index is 0.00315. The van der Waals surface area contributed by atoms with Gasteiger partial charge in [0.25, 0.3) is 5.91 Å². The first-order chi connectivity index (χ1) is 9.15. The largest absolute Gasteiger partial charge is 0.397 e. The molecule has 0 aromatic carbocycles. The van der Waals surface area contributed by atoms with Crippen LogP contribution in [0.1, 0.15) is 35.1 Å². The first-order valence-electron chi connectivity index (χ1n) is 6.25. The molecule has 6 heteroatoms. The SMILES string of the molecule is CN(Cc1cscn1)C(=O)c1cc(N)cn1C1CC1. The Hall–Kier alpha value is -1.82. The number of amides is 1. The van der Waals surface area contributed by atoms with E-state index < -0.39 is 0 Å². The van der Waals surface area contributed by atoms with Crippen molar-refractivity contribution in [3.8, 4) is 0 Å². The van der Waals surface area contributed by atoms with E-state index in [1.807, 2.05) is 16.1 Å². The second-order valence-electron chi connectivity index (χ2n) is 4.94. The molecule has 0 aliphatic heterocycles. The third-order valence-electron chi connectivity index (χ3n) is 3.26. The van der Waals surface area contributed by atoms with Crippen LogP contribution in [0.15, 0.2) is 23.2 Å². The van der Waals surface area contributed by atoms with Crippen molar-refractivity contribution in [3.05, 3.63) is 34.5 Å². The Morgan fingerprint density at radius 3 is 3.05 bits per heavy atom. The average molecular weight is 276 g/mol. The summed E-state index contributed by atoms with van der Waals surface area (Å²) in [5.74, 6) is -0.00315. The highest BCUT2D eigenvalue weighted by Gasteiger charge is 2.28. The van der Waals surface area contributed by atoms with Crippen molar-refractivity contribution in [1.29, 1.82) is 0 Å². The number of thiazole rings is 1. The van der Waals surface area contributed by atoms with Gasteiger partial charge in [0.05, 0.1) is 23.4 Å². The van der Waals surface area contributed by atoms with E-state index in [0.29, 0.717) is 24.0 Å². The maximum atomic E-state index is 12.5. The van der Waals surface area contributed by atoms with Gasteiger partial charge >= 0.3 is 0 Å². The molecule has 1 aliphatic rings. The van der Waals surface area contributed by atoms with Crippen LogP contribution in [0.5, 0.6) is 0 Å². The molecule has 19 heavy (non-hydrogen) atoms. The van der Waals surface area contributed by atoms with Crippen LogP contribution in [0.3, 0.4) is 0 Å². The normalized spacial score (nSPS) is 14.6. The Kier molecular flexibility index (Phi) is 3.02. The Morgan fingerprint density at radius 1 is 1.63 bits per heavy atom. The topological polar surface area (TPSA) is 64.2 Å². The Bertz CT molecular complexity index is 586. The smallest absolute Gasteiger partial charge is 0.270 e. The molecular formula is C13H16N4OS. The molecule has 0 atom stereocenters. The predicted molar refractivity (Wildman–Crippen MR) is 75.0 cm³/mol. The quantitative estimate of drug-likeness (QED) is 0.930. The van der Waals surface area contributed by atoms with E-state index in [2.05, 4.69) is 4.98 Å². The summed E-state index contributed by atoms with van der Waals surface area (Å²) >= 11 is 1.54. The van der Waals surface area contributed by atoms with Crippen LogP contribution in [0.2, 0.25) is 0 Å². The number of rotatable bonds is 4. The summed E-state index contributed by atoms with van der Waals surface area (Å²) in [6, 6.07) is 2.21.